The van der Waals surface area contributed by atoms with E-state index in [1.165, 1.54) is 4.57 Å². The highest BCUT2D eigenvalue weighted by molar-refractivity contribution is 7.71. The Hall–Kier alpha value is -2.73. The van der Waals surface area contributed by atoms with E-state index in [2.05, 4.69) is 17.2 Å². The fourth-order valence-electron chi connectivity index (χ4n) is 3.44. The third kappa shape index (κ3) is 4.39. The van der Waals surface area contributed by atoms with Crippen LogP contribution < -0.4 is 10.9 Å². The summed E-state index contributed by atoms with van der Waals surface area (Å²) in [5.74, 6) is -0.193. The molecule has 3 rings (SSSR count). The molecule has 2 aromatic carbocycles. The predicted molar refractivity (Wildman–Crippen MR) is 115 cm³/mol. The third-order valence-corrected chi connectivity index (χ3v) is 5.13. The van der Waals surface area contributed by atoms with Crippen molar-refractivity contribution >= 4 is 29.0 Å². The van der Waals surface area contributed by atoms with Crippen molar-refractivity contribution in [2.24, 2.45) is 0 Å². The molecule has 2 atom stereocenters. The molecule has 28 heavy (non-hydrogen) atoms. The molecule has 3 aromatic rings. The number of para-hydroxylation sites is 1. The van der Waals surface area contributed by atoms with Gasteiger partial charge in [-0.3, -0.25) is 14.2 Å². The zero-order valence-electron chi connectivity index (χ0n) is 16.1. The van der Waals surface area contributed by atoms with Gasteiger partial charge in [0.2, 0.25) is 5.91 Å². The van der Waals surface area contributed by atoms with E-state index < -0.39 is 6.04 Å². The van der Waals surface area contributed by atoms with Crippen LogP contribution in [-0.4, -0.2) is 21.5 Å². The minimum absolute atomic E-state index is 0.0319. The van der Waals surface area contributed by atoms with Crippen molar-refractivity contribution < 1.29 is 4.79 Å². The number of nitrogens with zero attached hydrogens (tertiary/aromatic N) is 1. The number of benzene rings is 2. The van der Waals surface area contributed by atoms with Crippen LogP contribution in [0.5, 0.6) is 0 Å². The van der Waals surface area contributed by atoms with E-state index in [0.717, 1.165) is 18.4 Å². The molecular formula is C22H25N3O2S. The molecule has 0 saturated carbocycles. The number of aromatic nitrogens is 2. The summed E-state index contributed by atoms with van der Waals surface area (Å²) in [5, 5.41) is 3.56. The molecule has 5 nitrogen and oxygen atoms in total. The largest absolute Gasteiger partial charge is 0.352 e. The number of hydrogen-bond donors (Lipinski definition) is 2. The quantitative estimate of drug-likeness (QED) is 0.591. The average Bonchev–Trinajstić information content (AvgIpc) is 2.68. The summed E-state index contributed by atoms with van der Waals surface area (Å²) in [7, 11) is 0. The monoisotopic (exact) mass is 395 g/mol. The number of fused-ring (bicyclic) bond motifs is 1. The molecule has 0 radical (unpaired) electrons. The summed E-state index contributed by atoms with van der Waals surface area (Å²) < 4.78 is 1.67. The first-order chi connectivity index (χ1) is 13.5. The summed E-state index contributed by atoms with van der Waals surface area (Å²) in [6, 6.07) is 16.2. The molecule has 0 saturated heterocycles. The Morgan fingerprint density at radius 3 is 2.54 bits per heavy atom. The fourth-order valence-corrected chi connectivity index (χ4v) is 3.76. The molecular weight excluding hydrogens is 370 g/mol. The number of aromatic amines is 1. The van der Waals surface area contributed by atoms with Gasteiger partial charge in [-0.15, -0.1) is 0 Å². The molecule has 0 aliphatic carbocycles. The number of amides is 1. The highest BCUT2D eigenvalue weighted by Crippen LogP contribution is 2.16. The first-order valence-corrected chi connectivity index (χ1v) is 10.00. The first kappa shape index (κ1) is 20.0. The Kier molecular flexibility index (Phi) is 6.41. The first-order valence-electron chi connectivity index (χ1n) is 9.59. The van der Waals surface area contributed by atoms with E-state index in [9.17, 15) is 9.59 Å². The van der Waals surface area contributed by atoms with E-state index in [1.54, 1.807) is 12.1 Å². The molecule has 146 valence electrons. The lowest BCUT2D eigenvalue weighted by atomic mass is 10.0. The molecule has 6 heteroatoms. The second kappa shape index (κ2) is 8.97. The Bertz CT molecular complexity index is 1070. The van der Waals surface area contributed by atoms with Crippen molar-refractivity contribution in [1.82, 2.24) is 14.9 Å². The zero-order chi connectivity index (χ0) is 20.1. The fraction of sp³-hybridized carbons (Fsp3) is 0.318. The molecule has 0 spiro atoms. The molecule has 0 aliphatic rings. The molecule has 2 unspecified atom stereocenters. The van der Waals surface area contributed by atoms with Crippen molar-refractivity contribution in [2.45, 2.75) is 45.2 Å². The van der Waals surface area contributed by atoms with Crippen LogP contribution >= 0.6 is 12.2 Å². The van der Waals surface area contributed by atoms with Gasteiger partial charge in [-0.2, -0.15) is 0 Å². The van der Waals surface area contributed by atoms with Crippen molar-refractivity contribution in [3.63, 3.8) is 0 Å². The Labute approximate surface area is 169 Å². The van der Waals surface area contributed by atoms with Gasteiger partial charge in [0.15, 0.2) is 4.77 Å². The lowest BCUT2D eigenvalue weighted by Crippen LogP contribution is -2.42. The number of H-pyrrole nitrogens is 1. The zero-order valence-corrected chi connectivity index (χ0v) is 17.0. The van der Waals surface area contributed by atoms with E-state index in [1.807, 2.05) is 49.4 Å². The highest BCUT2D eigenvalue weighted by Gasteiger charge is 2.25. The highest BCUT2D eigenvalue weighted by atomic mass is 32.1. The van der Waals surface area contributed by atoms with Crippen LogP contribution in [0.1, 0.15) is 38.3 Å². The summed E-state index contributed by atoms with van der Waals surface area (Å²) in [4.78, 5) is 29.4. The Morgan fingerprint density at radius 2 is 1.82 bits per heavy atom. The van der Waals surface area contributed by atoms with Gasteiger partial charge in [-0.05, 0) is 43.3 Å². The molecule has 0 fully saturated rings. The summed E-state index contributed by atoms with van der Waals surface area (Å²) in [6.07, 6.45) is 2.24. The molecule has 0 bridgehead atoms. The van der Waals surface area contributed by atoms with E-state index in [0.29, 0.717) is 17.3 Å². The van der Waals surface area contributed by atoms with Crippen LogP contribution in [0.25, 0.3) is 10.9 Å². The Morgan fingerprint density at radius 1 is 1.14 bits per heavy atom. The van der Waals surface area contributed by atoms with Crippen LogP contribution in [0, 0.1) is 4.77 Å². The molecule has 1 aromatic heterocycles. The standard InChI is InChI=1S/C22H25N3O2S/c1-3-9-15(2)23-20(26)19(14-16-10-5-4-6-11-16)25-21(27)17-12-7-8-13-18(17)24-22(25)28/h4-8,10-13,15,19H,3,9,14H2,1-2H3,(H,23,26)(H,24,28). The topological polar surface area (TPSA) is 66.9 Å². The number of carbonyl (C=O) groups is 1. The van der Waals surface area contributed by atoms with Crippen molar-refractivity contribution in [2.75, 3.05) is 0 Å². The maximum Gasteiger partial charge on any atom is 0.262 e. The van der Waals surface area contributed by atoms with E-state index >= 15 is 0 Å². The van der Waals surface area contributed by atoms with Gasteiger partial charge in [0.05, 0.1) is 10.9 Å². The van der Waals surface area contributed by atoms with Gasteiger partial charge < -0.3 is 10.3 Å². The summed E-state index contributed by atoms with van der Waals surface area (Å²) in [5.41, 5.74) is 1.39. The Balaban J connectivity index is 2.08. The van der Waals surface area contributed by atoms with E-state index in [-0.39, 0.29) is 22.3 Å². The van der Waals surface area contributed by atoms with Crippen LogP contribution in [0.15, 0.2) is 59.4 Å². The second-order valence-electron chi connectivity index (χ2n) is 7.05. The van der Waals surface area contributed by atoms with Gasteiger partial charge >= 0.3 is 0 Å². The number of rotatable bonds is 7. The number of hydrogen-bond acceptors (Lipinski definition) is 3. The molecule has 2 N–H and O–H groups in total. The molecule has 0 aliphatic heterocycles. The number of carbonyl (C=O) groups excluding carboxylic acids is 1. The molecule has 1 amide bonds. The van der Waals surface area contributed by atoms with Crippen molar-refractivity contribution in [1.29, 1.82) is 0 Å². The van der Waals surface area contributed by atoms with Gasteiger partial charge in [0.25, 0.3) is 5.56 Å². The molecule has 1 heterocycles. The van der Waals surface area contributed by atoms with Gasteiger partial charge in [-0.1, -0.05) is 55.8 Å². The lowest BCUT2D eigenvalue weighted by Gasteiger charge is -2.22. The van der Waals surface area contributed by atoms with Gasteiger partial charge in [0.1, 0.15) is 6.04 Å². The van der Waals surface area contributed by atoms with E-state index in [4.69, 9.17) is 12.2 Å². The lowest BCUT2D eigenvalue weighted by molar-refractivity contribution is -0.125. The second-order valence-corrected chi connectivity index (χ2v) is 7.44. The van der Waals surface area contributed by atoms with Crippen molar-refractivity contribution in [3.8, 4) is 0 Å². The van der Waals surface area contributed by atoms with Crippen LogP contribution in [0.4, 0.5) is 0 Å². The van der Waals surface area contributed by atoms with Crippen molar-refractivity contribution in [3.05, 3.63) is 75.3 Å². The van der Waals surface area contributed by atoms with Gasteiger partial charge in [0, 0.05) is 12.5 Å². The maximum absolute atomic E-state index is 13.2. The third-order valence-electron chi connectivity index (χ3n) is 4.83. The summed E-state index contributed by atoms with van der Waals surface area (Å²) in [6.45, 7) is 4.05. The summed E-state index contributed by atoms with van der Waals surface area (Å²) >= 11 is 5.47. The smallest absolute Gasteiger partial charge is 0.262 e. The predicted octanol–water partition coefficient (Wildman–Crippen LogP) is 4.15. The minimum Gasteiger partial charge on any atom is -0.352 e. The van der Waals surface area contributed by atoms with Gasteiger partial charge in [-0.25, -0.2) is 0 Å². The van der Waals surface area contributed by atoms with Crippen LogP contribution in [-0.2, 0) is 11.2 Å². The van der Waals surface area contributed by atoms with Crippen LogP contribution in [0.3, 0.4) is 0 Å². The average molecular weight is 396 g/mol. The minimum atomic E-state index is -0.720. The van der Waals surface area contributed by atoms with Crippen LogP contribution in [0.2, 0.25) is 0 Å². The number of nitrogens with one attached hydrogen (secondary N) is 2. The normalized spacial score (nSPS) is 13.2. The SMILES string of the molecule is CCCC(C)NC(=O)C(Cc1ccccc1)n1c(=S)[nH]c2ccccc2c1=O. The maximum atomic E-state index is 13.2.